The number of carbonyl (C=O) groups is 3. The van der Waals surface area contributed by atoms with Crippen LogP contribution >= 0.6 is 0 Å². The Bertz CT molecular complexity index is 923. The van der Waals surface area contributed by atoms with Gasteiger partial charge in [0, 0.05) is 62.0 Å². The Morgan fingerprint density at radius 3 is 2.69 bits per heavy atom. The van der Waals surface area contributed by atoms with Gasteiger partial charge in [-0.3, -0.25) is 24.4 Å². The molecule has 2 aliphatic rings. The molecule has 2 atom stereocenters. The number of H-pyrrole nitrogens is 1. The Morgan fingerprint density at radius 2 is 2.09 bits per heavy atom. The second-order valence-corrected chi connectivity index (χ2v) is 8.56. The molecule has 2 aliphatic heterocycles. The number of carboxylic acids is 1. The van der Waals surface area contributed by atoms with Gasteiger partial charge in [-0.1, -0.05) is 5.16 Å². The minimum atomic E-state index is -0.786. The monoisotopic (exact) mass is 447 g/mol. The van der Waals surface area contributed by atoms with E-state index in [1.165, 1.54) is 0 Å². The Labute approximate surface area is 185 Å². The SMILES string of the molecule is Cc1noc(C)c1CC(=O)N1CC2CN(Cc3ccn[nH]3)CC2(CCC(=O)O)C1.O=CO. The molecule has 1 amide bonds. The molecular formula is C21H29N5O6. The van der Waals surface area contributed by atoms with Gasteiger partial charge in [-0.25, -0.2) is 0 Å². The maximum Gasteiger partial charge on any atom is 0.303 e. The summed E-state index contributed by atoms with van der Waals surface area (Å²) in [6, 6.07) is 1.96. The van der Waals surface area contributed by atoms with Gasteiger partial charge in [-0.05, 0) is 32.3 Å². The normalized spacial score (nSPS) is 22.3. The van der Waals surface area contributed by atoms with Crippen LogP contribution in [0.15, 0.2) is 16.8 Å². The van der Waals surface area contributed by atoms with Crippen LogP contribution in [0.25, 0.3) is 0 Å². The number of nitrogens with one attached hydrogen (secondary N) is 1. The first kappa shape index (κ1) is 23.5. The molecule has 0 aliphatic carbocycles. The van der Waals surface area contributed by atoms with Gasteiger partial charge in [0.15, 0.2) is 0 Å². The Morgan fingerprint density at radius 1 is 1.34 bits per heavy atom. The molecule has 0 spiro atoms. The molecule has 11 nitrogen and oxygen atoms in total. The van der Waals surface area contributed by atoms with Crippen molar-refractivity contribution in [2.75, 3.05) is 26.2 Å². The third-order valence-electron chi connectivity index (χ3n) is 6.48. The Kier molecular flexibility index (Phi) is 7.29. The molecule has 11 heteroatoms. The van der Waals surface area contributed by atoms with Crippen LogP contribution in [0.4, 0.5) is 0 Å². The zero-order chi connectivity index (χ0) is 23.3. The predicted molar refractivity (Wildman–Crippen MR) is 112 cm³/mol. The first-order chi connectivity index (χ1) is 15.3. The van der Waals surface area contributed by atoms with Crippen LogP contribution < -0.4 is 0 Å². The minimum absolute atomic E-state index is 0.0589. The molecule has 0 aromatic carbocycles. The summed E-state index contributed by atoms with van der Waals surface area (Å²) in [5, 5.41) is 27.1. The highest BCUT2D eigenvalue weighted by molar-refractivity contribution is 5.79. The van der Waals surface area contributed by atoms with Gasteiger partial charge in [0.25, 0.3) is 6.47 Å². The summed E-state index contributed by atoms with van der Waals surface area (Å²) in [6.07, 6.45) is 2.73. The molecule has 2 saturated heterocycles. The van der Waals surface area contributed by atoms with E-state index in [-0.39, 0.29) is 36.6 Å². The van der Waals surface area contributed by atoms with Crippen molar-refractivity contribution in [1.29, 1.82) is 0 Å². The number of fused-ring (bicyclic) bond motifs is 1. The summed E-state index contributed by atoms with van der Waals surface area (Å²) in [5.41, 5.74) is 2.48. The number of amides is 1. The molecule has 2 aromatic heterocycles. The molecule has 3 N–H and O–H groups in total. The van der Waals surface area contributed by atoms with Crippen molar-refractivity contribution < 1.29 is 29.1 Å². The topological polar surface area (TPSA) is 153 Å². The van der Waals surface area contributed by atoms with Crippen LogP contribution in [0, 0.1) is 25.2 Å². The van der Waals surface area contributed by atoms with Crippen molar-refractivity contribution in [3.63, 3.8) is 0 Å². The number of likely N-dealkylation sites (tertiary alicyclic amines) is 2. The van der Waals surface area contributed by atoms with Crippen LogP contribution in [0.2, 0.25) is 0 Å². The van der Waals surface area contributed by atoms with E-state index in [1.807, 2.05) is 24.8 Å². The lowest BCUT2D eigenvalue weighted by atomic mass is 9.77. The van der Waals surface area contributed by atoms with Crippen molar-refractivity contribution in [2.24, 2.45) is 11.3 Å². The van der Waals surface area contributed by atoms with E-state index < -0.39 is 5.97 Å². The lowest BCUT2D eigenvalue weighted by Gasteiger charge is -2.29. The molecule has 0 bridgehead atoms. The average molecular weight is 447 g/mol. The molecule has 174 valence electrons. The molecule has 0 saturated carbocycles. The predicted octanol–water partition coefficient (Wildman–Crippen LogP) is 1.08. The standard InChI is InChI=1S/C20H27N5O4.CH2O2/c1-13-17(14(2)29-23-13)7-18(26)25-9-15-8-24(10-16-4-6-21-22-16)11-20(15,12-25)5-3-19(27)28;2-1-3/h4,6,15H,3,5,7-12H2,1-2H3,(H,21,22)(H,27,28);1H,(H,2,3). The molecule has 2 unspecified atom stereocenters. The maximum atomic E-state index is 13.0. The number of aromatic amines is 1. The van der Waals surface area contributed by atoms with Gasteiger partial charge in [0.2, 0.25) is 5.91 Å². The Hall–Kier alpha value is -3.21. The summed E-state index contributed by atoms with van der Waals surface area (Å²) in [4.78, 5) is 36.8. The van der Waals surface area contributed by atoms with Gasteiger partial charge in [0.1, 0.15) is 5.76 Å². The van der Waals surface area contributed by atoms with Crippen LogP contribution in [0.1, 0.15) is 35.6 Å². The Balaban J connectivity index is 0.000000913. The van der Waals surface area contributed by atoms with Crippen molar-refractivity contribution in [3.05, 3.63) is 35.0 Å². The minimum Gasteiger partial charge on any atom is -0.483 e. The quantitative estimate of drug-likeness (QED) is 0.529. The zero-order valence-electron chi connectivity index (χ0n) is 18.3. The first-order valence-electron chi connectivity index (χ1n) is 10.5. The number of nitrogens with zero attached hydrogens (tertiary/aromatic N) is 4. The third kappa shape index (κ3) is 5.16. The number of carboxylic acid groups (broad SMARTS) is 2. The van der Waals surface area contributed by atoms with Crippen molar-refractivity contribution in [1.82, 2.24) is 25.2 Å². The number of rotatable bonds is 7. The number of aryl methyl sites for hydroxylation is 2. The summed E-state index contributed by atoms with van der Waals surface area (Å²) in [5.74, 6) is 0.231. The van der Waals surface area contributed by atoms with Crippen molar-refractivity contribution >= 4 is 18.3 Å². The van der Waals surface area contributed by atoms with Gasteiger partial charge in [-0.15, -0.1) is 0 Å². The molecular weight excluding hydrogens is 418 g/mol. The summed E-state index contributed by atoms with van der Waals surface area (Å²) >= 11 is 0. The third-order valence-corrected chi connectivity index (χ3v) is 6.48. The van der Waals surface area contributed by atoms with E-state index in [0.717, 1.165) is 36.6 Å². The van der Waals surface area contributed by atoms with E-state index in [0.29, 0.717) is 25.3 Å². The second kappa shape index (κ2) is 9.94. The number of aromatic nitrogens is 3. The molecule has 4 rings (SSSR count). The summed E-state index contributed by atoms with van der Waals surface area (Å²) in [7, 11) is 0. The zero-order valence-corrected chi connectivity index (χ0v) is 18.3. The van der Waals surface area contributed by atoms with Crippen LogP contribution in [-0.2, 0) is 27.3 Å². The highest BCUT2D eigenvalue weighted by Gasteiger charge is 2.53. The van der Waals surface area contributed by atoms with Crippen LogP contribution in [-0.4, -0.2) is 79.9 Å². The highest BCUT2D eigenvalue weighted by Crippen LogP contribution is 2.46. The smallest absolute Gasteiger partial charge is 0.303 e. The second-order valence-electron chi connectivity index (χ2n) is 8.56. The fourth-order valence-corrected chi connectivity index (χ4v) is 4.94. The van der Waals surface area contributed by atoms with E-state index in [4.69, 9.17) is 14.4 Å². The van der Waals surface area contributed by atoms with E-state index in [9.17, 15) is 14.7 Å². The van der Waals surface area contributed by atoms with Crippen LogP contribution in [0.3, 0.4) is 0 Å². The molecule has 4 heterocycles. The van der Waals surface area contributed by atoms with Gasteiger partial charge >= 0.3 is 5.97 Å². The molecule has 2 fully saturated rings. The fraction of sp³-hybridized carbons (Fsp3) is 0.571. The number of aliphatic carboxylic acids is 1. The van der Waals surface area contributed by atoms with Crippen molar-refractivity contribution in [2.45, 2.75) is 39.7 Å². The number of carbonyl (C=O) groups excluding carboxylic acids is 1. The van der Waals surface area contributed by atoms with E-state index >= 15 is 0 Å². The van der Waals surface area contributed by atoms with E-state index in [2.05, 4.69) is 20.3 Å². The molecule has 0 radical (unpaired) electrons. The number of hydrogen-bond acceptors (Lipinski definition) is 7. The van der Waals surface area contributed by atoms with E-state index in [1.54, 1.807) is 6.20 Å². The first-order valence-corrected chi connectivity index (χ1v) is 10.5. The summed E-state index contributed by atoms with van der Waals surface area (Å²) < 4.78 is 5.18. The highest BCUT2D eigenvalue weighted by atomic mass is 16.5. The van der Waals surface area contributed by atoms with Gasteiger partial charge < -0.3 is 19.6 Å². The lowest BCUT2D eigenvalue weighted by molar-refractivity contribution is -0.137. The largest absolute Gasteiger partial charge is 0.483 e. The summed E-state index contributed by atoms with van der Waals surface area (Å²) in [6.45, 7) is 7.10. The lowest BCUT2D eigenvalue weighted by Crippen LogP contribution is -2.37. The maximum absolute atomic E-state index is 13.0. The average Bonchev–Trinajstić information content (AvgIpc) is 3.49. The van der Waals surface area contributed by atoms with Crippen molar-refractivity contribution in [3.8, 4) is 0 Å². The number of hydrogen-bond donors (Lipinski definition) is 3. The molecule has 32 heavy (non-hydrogen) atoms. The van der Waals surface area contributed by atoms with Gasteiger partial charge in [0.05, 0.1) is 12.1 Å². The van der Waals surface area contributed by atoms with Gasteiger partial charge in [-0.2, -0.15) is 5.10 Å². The molecule has 2 aromatic rings. The fourth-order valence-electron chi connectivity index (χ4n) is 4.94. The van der Waals surface area contributed by atoms with Crippen LogP contribution in [0.5, 0.6) is 0 Å².